The topological polar surface area (TPSA) is 53.1 Å². The molecule has 0 saturated heterocycles. The summed E-state index contributed by atoms with van der Waals surface area (Å²) < 4.78 is 7.60. The molecule has 0 fully saturated rings. The second kappa shape index (κ2) is 5.10. The Morgan fingerprint density at radius 2 is 2.29 bits per heavy atom. The molecule has 4 nitrogen and oxygen atoms in total. The molecule has 0 bridgehead atoms. The van der Waals surface area contributed by atoms with Crippen molar-refractivity contribution < 1.29 is 4.74 Å². The summed E-state index contributed by atoms with van der Waals surface area (Å²) in [6.45, 7) is 3.22. The number of hydrogen-bond donors (Lipinski definition) is 1. The molecule has 0 aliphatic rings. The molecule has 0 aliphatic carbocycles. The maximum absolute atomic E-state index is 5.87. The predicted molar refractivity (Wildman–Crippen MR) is 68.3 cm³/mol. The molecule has 2 rings (SSSR count). The van der Waals surface area contributed by atoms with Crippen LogP contribution in [0.25, 0.3) is 0 Å². The molecule has 1 heterocycles. The minimum absolute atomic E-state index is 0.530. The first kappa shape index (κ1) is 11.8. The van der Waals surface area contributed by atoms with E-state index in [9.17, 15) is 0 Å². The number of rotatable bonds is 4. The Morgan fingerprint density at radius 3 is 3.00 bits per heavy atom. The zero-order chi connectivity index (χ0) is 12.3. The van der Waals surface area contributed by atoms with E-state index < -0.39 is 0 Å². The van der Waals surface area contributed by atoms with Gasteiger partial charge in [0.05, 0.1) is 12.2 Å². The highest BCUT2D eigenvalue weighted by Crippen LogP contribution is 2.25. The van der Waals surface area contributed by atoms with Gasteiger partial charge in [0.2, 0.25) is 0 Å². The summed E-state index contributed by atoms with van der Waals surface area (Å²) in [7, 11) is 0. The predicted octanol–water partition coefficient (Wildman–Crippen LogP) is 2.51. The van der Waals surface area contributed by atoms with Gasteiger partial charge in [-0.1, -0.05) is 11.6 Å². The number of benzene rings is 1. The quantitative estimate of drug-likeness (QED) is 0.850. The van der Waals surface area contributed by atoms with Crippen LogP contribution in [-0.2, 0) is 6.54 Å². The average Bonchev–Trinajstić information content (AvgIpc) is 2.70. The Bertz CT molecular complexity index is 510. The molecule has 5 heteroatoms. The molecule has 0 aliphatic heterocycles. The van der Waals surface area contributed by atoms with Crippen LogP contribution in [-0.4, -0.2) is 16.2 Å². The highest BCUT2D eigenvalue weighted by Gasteiger charge is 2.02. The van der Waals surface area contributed by atoms with E-state index in [2.05, 4.69) is 4.98 Å². The molecular weight excluding hydrogens is 238 g/mol. The van der Waals surface area contributed by atoms with E-state index in [0.29, 0.717) is 23.1 Å². The van der Waals surface area contributed by atoms with Gasteiger partial charge in [-0.2, -0.15) is 0 Å². The zero-order valence-corrected chi connectivity index (χ0v) is 10.3. The maximum Gasteiger partial charge on any atom is 0.143 e. The summed E-state index contributed by atoms with van der Waals surface area (Å²) in [5, 5.41) is 0.619. The Labute approximate surface area is 105 Å². The van der Waals surface area contributed by atoms with Crippen LogP contribution in [0.5, 0.6) is 5.75 Å². The maximum atomic E-state index is 5.87. The minimum Gasteiger partial charge on any atom is -0.490 e. The largest absolute Gasteiger partial charge is 0.490 e. The first-order valence-corrected chi connectivity index (χ1v) is 5.70. The second-order valence-electron chi connectivity index (χ2n) is 3.70. The van der Waals surface area contributed by atoms with E-state index in [4.69, 9.17) is 22.1 Å². The molecule has 0 unspecified atom stereocenters. The molecule has 90 valence electrons. The van der Waals surface area contributed by atoms with Crippen LogP contribution in [0.3, 0.4) is 0 Å². The van der Waals surface area contributed by atoms with Gasteiger partial charge >= 0.3 is 0 Å². The van der Waals surface area contributed by atoms with E-state index >= 15 is 0 Å². The van der Waals surface area contributed by atoms with Gasteiger partial charge in [-0.3, -0.25) is 0 Å². The molecular formula is C12H14ClN3O. The van der Waals surface area contributed by atoms with Gasteiger partial charge in [0.1, 0.15) is 18.2 Å². The molecule has 0 radical (unpaired) electrons. The normalized spacial score (nSPS) is 10.5. The summed E-state index contributed by atoms with van der Waals surface area (Å²) in [6.07, 6.45) is 3.68. The smallest absolute Gasteiger partial charge is 0.143 e. The molecule has 0 atom stereocenters. The number of hydrogen-bond acceptors (Lipinski definition) is 3. The van der Waals surface area contributed by atoms with Gasteiger partial charge in [-0.25, -0.2) is 4.98 Å². The van der Waals surface area contributed by atoms with Gasteiger partial charge in [-0.15, -0.1) is 0 Å². The summed E-state index contributed by atoms with van der Waals surface area (Å²) in [5.41, 5.74) is 6.37. The van der Waals surface area contributed by atoms with Gasteiger partial charge < -0.3 is 15.0 Å². The number of nitrogen functional groups attached to an aromatic ring is 1. The monoisotopic (exact) mass is 251 g/mol. The van der Waals surface area contributed by atoms with Crippen molar-refractivity contribution in [1.29, 1.82) is 0 Å². The minimum atomic E-state index is 0.530. The molecule has 2 N–H and O–H groups in total. The number of anilines is 1. The first-order valence-electron chi connectivity index (χ1n) is 5.32. The fraction of sp³-hybridized carbons (Fsp3) is 0.250. The van der Waals surface area contributed by atoms with E-state index in [1.54, 1.807) is 24.4 Å². The van der Waals surface area contributed by atoms with Crippen LogP contribution in [0.15, 0.2) is 30.6 Å². The van der Waals surface area contributed by atoms with Gasteiger partial charge in [-0.05, 0) is 19.1 Å². The van der Waals surface area contributed by atoms with Crippen molar-refractivity contribution in [2.45, 2.75) is 13.5 Å². The van der Waals surface area contributed by atoms with Gasteiger partial charge in [0.15, 0.2) is 0 Å². The van der Waals surface area contributed by atoms with Gasteiger partial charge in [0, 0.05) is 23.5 Å². The number of nitrogens with two attached hydrogens (primary N) is 1. The highest BCUT2D eigenvalue weighted by atomic mass is 35.5. The van der Waals surface area contributed by atoms with Crippen LogP contribution >= 0.6 is 11.6 Å². The summed E-state index contributed by atoms with van der Waals surface area (Å²) >= 11 is 5.87. The third-order valence-electron chi connectivity index (χ3n) is 2.49. The summed E-state index contributed by atoms with van der Waals surface area (Å²) in [5.74, 6) is 1.59. The molecule has 0 amide bonds. The lowest BCUT2D eigenvalue weighted by molar-refractivity contribution is 0.298. The summed E-state index contributed by atoms with van der Waals surface area (Å²) in [6, 6.07) is 5.20. The number of halogens is 1. The van der Waals surface area contributed by atoms with Crippen LogP contribution in [0.2, 0.25) is 5.02 Å². The third kappa shape index (κ3) is 2.91. The standard InChI is InChI=1S/C12H14ClN3O/c1-9-15-4-5-16(9)6-7-17-12-8-10(13)2-3-11(12)14/h2-5,8H,6-7,14H2,1H3. The average molecular weight is 252 g/mol. The lowest BCUT2D eigenvalue weighted by atomic mass is 10.3. The van der Waals surface area contributed by atoms with E-state index in [-0.39, 0.29) is 0 Å². The van der Waals surface area contributed by atoms with E-state index in [1.165, 1.54) is 0 Å². The van der Waals surface area contributed by atoms with Crippen LogP contribution < -0.4 is 10.5 Å². The highest BCUT2D eigenvalue weighted by molar-refractivity contribution is 6.30. The van der Waals surface area contributed by atoms with Crippen LogP contribution in [0.4, 0.5) is 5.69 Å². The Balaban J connectivity index is 1.94. The van der Waals surface area contributed by atoms with Crippen LogP contribution in [0.1, 0.15) is 5.82 Å². The summed E-state index contributed by atoms with van der Waals surface area (Å²) in [4.78, 5) is 4.14. The number of imidazole rings is 1. The van der Waals surface area contributed by atoms with Crippen molar-refractivity contribution in [2.75, 3.05) is 12.3 Å². The molecule has 1 aromatic heterocycles. The molecule has 0 saturated carbocycles. The van der Waals surface area contributed by atoms with E-state index in [1.807, 2.05) is 17.7 Å². The number of ether oxygens (including phenoxy) is 1. The SMILES string of the molecule is Cc1nccn1CCOc1cc(Cl)ccc1N. The van der Waals surface area contributed by atoms with Crippen molar-refractivity contribution in [3.8, 4) is 5.75 Å². The molecule has 0 spiro atoms. The van der Waals surface area contributed by atoms with Gasteiger partial charge in [0.25, 0.3) is 0 Å². The zero-order valence-electron chi connectivity index (χ0n) is 9.56. The fourth-order valence-corrected chi connectivity index (χ4v) is 1.69. The molecule has 1 aromatic carbocycles. The lowest BCUT2D eigenvalue weighted by Gasteiger charge is -2.10. The lowest BCUT2D eigenvalue weighted by Crippen LogP contribution is -2.09. The fourth-order valence-electron chi connectivity index (χ4n) is 1.53. The number of nitrogens with zero attached hydrogens (tertiary/aromatic N) is 2. The Morgan fingerprint density at radius 1 is 1.47 bits per heavy atom. The van der Waals surface area contributed by atoms with Crippen molar-refractivity contribution >= 4 is 17.3 Å². The molecule has 17 heavy (non-hydrogen) atoms. The second-order valence-corrected chi connectivity index (χ2v) is 4.13. The number of aromatic nitrogens is 2. The third-order valence-corrected chi connectivity index (χ3v) is 2.72. The first-order chi connectivity index (χ1) is 8.16. The van der Waals surface area contributed by atoms with E-state index in [0.717, 1.165) is 12.4 Å². The van der Waals surface area contributed by atoms with Crippen molar-refractivity contribution in [1.82, 2.24) is 9.55 Å². The number of aryl methyl sites for hydroxylation is 1. The Hall–Kier alpha value is -1.68. The van der Waals surface area contributed by atoms with Crippen molar-refractivity contribution in [3.05, 3.63) is 41.4 Å². The van der Waals surface area contributed by atoms with Crippen molar-refractivity contribution in [3.63, 3.8) is 0 Å². The Kier molecular flexibility index (Phi) is 3.54. The molecule has 2 aromatic rings. The van der Waals surface area contributed by atoms with Crippen LogP contribution in [0, 0.1) is 6.92 Å². The van der Waals surface area contributed by atoms with Crippen molar-refractivity contribution in [2.24, 2.45) is 0 Å².